The van der Waals surface area contributed by atoms with Crippen LogP contribution in [0, 0.1) is 0 Å². The van der Waals surface area contributed by atoms with E-state index in [2.05, 4.69) is 4.98 Å². The topological polar surface area (TPSA) is 115 Å². The number of hydrogen-bond acceptors (Lipinski definition) is 6. The molecule has 1 aromatic carbocycles. The largest absolute Gasteiger partial charge is 0.507 e. The number of amides is 1. The smallest absolute Gasteiger partial charge is 0.410 e. The number of phenols is 1. The number of benzene rings is 1. The fourth-order valence-electron chi connectivity index (χ4n) is 3.48. The third-order valence-electron chi connectivity index (χ3n) is 4.81. The third-order valence-corrected chi connectivity index (χ3v) is 4.81. The van der Waals surface area contributed by atoms with Crippen molar-refractivity contribution in [2.75, 3.05) is 24.6 Å². The third kappa shape index (κ3) is 4.30. The summed E-state index contributed by atoms with van der Waals surface area (Å²) in [4.78, 5) is 18.5. The molecule has 1 aromatic heterocycles. The summed E-state index contributed by atoms with van der Waals surface area (Å²) in [6.45, 7) is 6.71. The molecule has 7 heteroatoms. The van der Waals surface area contributed by atoms with Crippen LogP contribution in [0.4, 0.5) is 16.3 Å². The zero-order valence-corrected chi connectivity index (χ0v) is 16.6. The molecule has 1 unspecified atom stereocenters. The zero-order chi connectivity index (χ0) is 20.5. The molecule has 1 aliphatic rings. The van der Waals surface area contributed by atoms with Crippen molar-refractivity contribution in [1.82, 2.24) is 9.88 Å². The number of ether oxygens (including phenoxy) is 1. The van der Waals surface area contributed by atoms with Gasteiger partial charge in [-0.15, -0.1) is 0 Å². The van der Waals surface area contributed by atoms with Gasteiger partial charge in [0, 0.05) is 24.6 Å². The Kier molecular flexibility index (Phi) is 5.36. The number of aromatic hydroxyl groups is 1. The Morgan fingerprint density at radius 1 is 1.29 bits per heavy atom. The van der Waals surface area contributed by atoms with Gasteiger partial charge in [0.25, 0.3) is 0 Å². The fraction of sp³-hybridized carbons (Fsp3) is 0.429. The number of rotatable bonds is 2. The summed E-state index contributed by atoms with van der Waals surface area (Å²) in [7, 11) is 0. The lowest BCUT2D eigenvalue weighted by atomic mass is 9.89. The number of piperidine rings is 1. The number of nitrogens with two attached hydrogens (primary N) is 2. The first-order valence-electron chi connectivity index (χ1n) is 9.48. The number of nitrogen functional groups attached to an aromatic ring is 2. The maximum atomic E-state index is 12.5. The van der Waals surface area contributed by atoms with Crippen LogP contribution in [0.1, 0.15) is 45.1 Å². The second kappa shape index (κ2) is 7.58. The molecule has 0 aliphatic carbocycles. The van der Waals surface area contributed by atoms with Gasteiger partial charge in [0.1, 0.15) is 17.2 Å². The Balaban J connectivity index is 1.90. The second-order valence-electron chi connectivity index (χ2n) is 8.18. The van der Waals surface area contributed by atoms with Gasteiger partial charge in [-0.2, -0.15) is 0 Å². The minimum atomic E-state index is -0.540. The molecule has 5 N–H and O–H groups in total. The molecule has 1 saturated heterocycles. The van der Waals surface area contributed by atoms with E-state index in [0.29, 0.717) is 30.0 Å². The molecular formula is C21H28N4O3. The van der Waals surface area contributed by atoms with Crippen LogP contribution in [0.2, 0.25) is 0 Å². The number of carbonyl (C=O) groups is 1. The maximum Gasteiger partial charge on any atom is 0.410 e. The summed E-state index contributed by atoms with van der Waals surface area (Å²) in [5.41, 5.74) is 14.2. The molecule has 2 heterocycles. The van der Waals surface area contributed by atoms with Crippen LogP contribution in [0.15, 0.2) is 30.3 Å². The summed E-state index contributed by atoms with van der Waals surface area (Å²) >= 11 is 0. The molecule has 1 fully saturated rings. The number of nitrogens with zero attached hydrogens (tertiary/aromatic N) is 2. The Morgan fingerprint density at radius 3 is 2.68 bits per heavy atom. The molecule has 1 aliphatic heterocycles. The van der Waals surface area contributed by atoms with Crippen LogP contribution in [-0.4, -0.2) is 39.8 Å². The van der Waals surface area contributed by atoms with Crippen LogP contribution < -0.4 is 11.5 Å². The summed E-state index contributed by atoms with van der Waals surface area (Å²) in [6.07, 6.45) is 1.41. The Morgan fingerprint density at radius 2 is 2.00 bits per heavy atom. The number of para-hydroxylation sites is 1. The molecule has 0 saturated carbocycles. The van der Waals surface area contributed by atoms with Crippen molar-refractivity contribution in [1.29, 1.82) is 0 Å². The Hall–Kier alpha value is -2.96. The molecule has 3 rings (SSSR count). The average molecular weight is 384 g/mol. The Labute approximate surface area is 165 Å². The summed E-state index contributed by atoms with van der Waals surface area (Å²) in [5, 5.41) is 10.2. The van der Waals surface area contributed by atoms with Crippen molar-refractivity contribution >= 4 is 17.6 Å². The van der Waals surface area contributed by atoms with Crippen molar-refractivity contribution < 1.29 is 14.6 Å². The van der Waals surface area contributed by atoms with Gasteiger partial charge in [0.2, 0.25) is 0 Å². The predicted molar refractivity (Wildman–Crippen MR) is 110 cm³/mol. The van der Waals surface area contributed by atoms with Crippen molar-refractivity contribution in [2.45, 2.75) is 45.1 Å². The van der Waals surface area contributed by atoms with Crippen LogP contribution in [0.5, 0.6) is 5.75 Å². The van der Waals surface area contributed by atoms with E-state index in [9.17, 15) is 9.90 Å². The minimum absolute atomic E-state index is 0.0242. The molecule has 0 radical (unpaired) electrons. The number of phenolic OH excluding ortho intramolecular Hbond substituents is 1. The maximum absolute atomic E-state index is 12.5. The van der Waals surface area contributed by atoms with E-state index in [1.807, 2.05) is 32.9 Å². The van der Waals surface area contributed by atoms with Gasteiger partial charge in [0.15, 0.2) is 0 Å². The lowest BCUT2D eigenvalue weighted by molar-refractivity contribution is 0.0198. The molecule has 0 bridgehead atoms. The van der Waals surface area contributed by atoms with Crippen LogP contribution in [0.25, 0.3) is 11.3 Å². The van der Waals surface area contributed by atoms with E-state index in [-0.39, 0.29) is 23.6 Å². The highest BCUT2D eigenvalue weighted by Gasteiger charge is 2.30. The standard InChI is InChI=1S/C21H28N4O3/c1-21(2,3)28-20(27)25-10-6-7-13(12-25)15-11-16(24-19(23)18(15)22)14-8-4-5-9-17(14)26/h4-5,8-9,11,13,26H,6-7,10,12,22H2,1-3H3,(H2,23,24). The number of pyridine rings is 1. The first-order valence-corrected chi connectivity index (χ1v) is 9.48. The highest BCUT2D eigenvalue weighted by Crippen LogP contribution is 2.37. The molecule has 1 atom stereocenters. The average Bonchev–Trinajstić information content (AvgIpc) is 2.63. The Bertz CT molecular complexity index is 876. The fourth-order valence-corrected chi connectivity index (χ4v) is 3.48. The van der Waals surface area contributed by atoms with Gasteiger partial charge < -0.3 is 26.2 Å². The highest BCUT2D eigenvalue weighted by atomic mass is 16.6. The highest BCUT2D eigenvalue weighted by molar-refractivity contribution is 5.75. The molecule has 2 aromatic rings. The number of carbonyl (C=O) groups excluding carboxylic acids is 1. The van der Waals surface area contributed by atoms with Crippen LogP contribution >= 0.6 is 0 Å². The van der Waals surface area contributed by atoms with Gasteiger partial charge in [-0.05, 0) is 57.4 Å². The lowest BCUT2D eigenvalue weighted by Crippen LogP contribution is -2.42. The van der Waals surface area contributed by atoms with E-state index >= 15 is 0 Å². The van der Waals surface area contributed by atoms with Gasteiger partial charge >= 0.3 is 6.09 Å². The summed E-state index contributed by atoms with van der Waals surface area (Å²) in [5.74, 6) is 0.380. The van der Waals surface area contributed by atoms with Gasteiger partial charge in [-0.25, -0.2) is 9.78 Å². The van der Waals surface area contributed by atoms with Crippen LogP contribution in [0.3, 0.4) is 0 Å². The van der Waals surface area contributed by atoms with E-state index < -0.39 is 5.60 Å². The lowest BCUT2D eigenvalue weighted by Gasteiger charge is -2.34. The van der Waals surface area contributed by atoms with Crippen molar-refractivity contribution in [3.63, 3.8) is 0 Å². The number of anilines is 2. The molecular weight excluding hydrogens is 356 g/mol. The van der Waals surface area contributed by atoms with Gasteiger partial charge in [0.05, 0.1) is 11.4 Å². The number of hydrogen-bond donors (Lipinski definition) is 3. The normalized spacial score (nSPS) is 17.4. The zero-order valence-electron chi connectivity index (χ0n) is 16.6. The number of likely N-dealkylation sites (tertiary alicyclic amines) is 1. The molecule has 7 nitrogen and oxygen atoms in total. The first-order chi connectivity index (χ1) is 13.2. The summed E-state index contributed by atoms with van der Waals surface area (Å²) in [6, 6.07) is 8.83. The monoisotopic (exact) mass is 384 g/mol. The molecule has 28 heavy (non-hydrogen) atoms. The van der Waals surface area contributed by atoms with Crippen molar-refractivity contribution in [2.24, 2.45) is 0 Å². The quantitative estimate of drug-likeness (QED) is 0.727. The van der Waals surface area contributed by atoms with Crippen molar-refractivity contribution in [3.8, 4) is 17.0 Å². The first kappa shape index (κ1) is 19.8. The number of aromatic nitrogens is 1. The molecule has 0 spiro atoms. The van der Waals surface area contributed by atoms with E-state index in [1.165, 1.54) is 0 Å². The second-order valence-corrected chi connectivity index (χ2v) is 8.18. The van der Waals surface area contributed by atoms with Crippen molar-refractivity contribution in [3.05, 3.63) is 35.9 Å². The van der Waals surface area contributed by atoms with Crippen LogP contribution in [-0.2, 0) is 4.74 Å². The predicted octanol–water partition coefficient (Wildman–Crippen LogP) is 3.73. The SMILES string of the molecule is CC(C)(C)OC(=O)N1CCCC(c2cc(-c3ccccc3O)nc(N)c2N)C1. The van der Waals surface area contributed by atoms with Gasteiger partial charge in [-0.3, -0.25) is 0 Å². The summed E-state index contributed by atoms with van der Waals surface area (Å²) < 4.78 is 5.51. The van der Waals surface area contributed by atoms with E-state index in [4.69, 9.17) is 16.2 Å². The van der Waals surface area contributed by atoms with Gasteiger partial charge in [-0.1, -0.05) is 12.1 Å². The minimum Gasteiger partial charge on any atom is -0.507 e. The molecule has 150 valence electrons. The molecule has 1 amide bonds. The van der Waals surface area contributed by atoms with E-state index in [0.717, 1.165) is 18.4 Å². The van der Waals surface area contributed by atoms with E-state index in [1.54, 1.807) is 23.1 Å².